The zero-order valence-corrected chi connectivity index (χ0v) is 11.0. The fourth-order valence-corrected chi connectivity index (χ4v) is 1.88. The average molecular weight is 262 g/mol. The molecular weight excluding hydrogens is 248 g/mol. The molecule has 0 saturated heterocycles. The van der Waals surface area contributed by atoms with E-state index in [-0.39, 0.29) is 5.91 Å². The number of pyridine rings is 1. The lowest BCUT2D eigenvalue weighted by Gasteiger charge is -2.03. The predicted molar refractivity (Wildman–Crippen MR) is 71.3 cm³/mol. The van der Waals surface area contributed by atoms with Crippen molar-refractivity contribution in [1.82, 2.24) is 0 Å². The van der Waals surface area contributed by atoms with Crippen molar-refractivity contribution in [2.24, 2.45) is 0 Å². The number of nitrogens with zero attached hydrogens (tertiary/aromatic N) is 1. The normalized spacial score (nSPS) is 10.2. The van der Waals surface area contributed by atoms with Gasteiger partial charge in [-0.2, -0.15) is 0 Å². The number of amides is 1. The Labute approximate surface area is 111 Å². The van der Waals surface area contributed by atoms with E-state index in [0.29, 0.717) is 10.6 Å². The number of aromatic nitrogens is 1. The van der Waals surface area contributed by atoms with Crippen LogP contribution in [0.1, 0.15) is 21.5 Å². The van der Waals surface area contributed by atoms with Gasteiger partial charge in [0.25, 0.3) is 0 Å². The molecule has 1 heterocycles. The topological polar surface area (TPSA) is 33.0 Å². The molecule has 0 fully saturated rings. The number of hydrogen-bond donors (Lipinski definition) is 1. The molecule has 0 unspecified atom stereocenters. The molecule has 3 nitrogen and oxygen atoms in total. The van der Waals surface area contributed by atoms with Crippen molar-refractivity contribution in [1.29, 1.82) is 0 Å². The molecule has 2 rings (SSSR count). The summed E-state index contributed by atoms with van der Waals surface area (Å²) in [5.74, 6) is -0.228. The van der Waals surface area contributed by atoms with Crippen molar-refractivity contribution in [3.63, 3.8) is 0 Å². The third-order valence-electron chi connectivity index (χ3n) is 2.60. The van der Waals surface area contributed by atoms with Crippen LogP contribution in [-0.2, 0) is 0 Å². The lowest BCUT2D eigenvalue weighted by atomic mass is 10.1. The quantitative estimate of drug-likeness (QED) is 0.829. The summed E-state index contributed by atoms with van der Waals surface area (Å²) in [6, 6.07) is 9.19. The van der Waals surface area contributed by atoms with Crippen molar-refractivity contribution in [3.8, 4) is 0 Å². The molecule has 1 N–H and O–H groups in total. The first-order valence-corrected chi connectivity index (χ1v) is 5.99. The number of benzene rings is 1. The van der Waals surface area contributed by atoms with E-state index < -0.39 is 0 Å². The summed E-state index contributed by atoms with van der Waals surface area (Å²) < 4.78 is 1.60. The summed E-state index contributed by atoms with van der Waals surface area (Å²) in [5.41, 5.74) is 5.37. The molecule has 1 aromatic carbocycles. The van der Waals surface area contributed by atoms with Crippen LogP contribution >= 0.6 is 11.6 Å². The van der Waals surface area contributed by atoms with E-state index in [0.717, 1.165) is 11.1 Å². The molecule has 0 aliphatic rings. The van der Waals surface area contributed by atoms with E-state index >= 15 is 0 Å². The van der Waals surface area contributed by atoms with Crippen LogP contribution in [0.15, 0.2) is 42.7 Å². The van der Waals surface area contributed by atoms with Gasteiger partial charge in [0, 0.05) is 12.1 Å². The Kier molecular flexibility index (Phi) is 3.63. The highest BCUT2D eigenvalue weighted by molar-refractivity contribution is 6.34. The van der Waals surface area contributed by atoms with Gasteiger partial charge in [0.2, 0.25) is 0 Å². The second-order valence-electron chi connectivity index (χ2n) is 4.21. The number of aryl methyl sites for hydroxylation is 2. The van der Waals surface area contributed by atoms with Crippen molar-refractivity contribution in [2.45, 2.75) is 13.8 Å². The highest BCUT2D eigenvalue weighted by Crippen LogP contribution is 2.17. The molecule has 0 atom stereocenters. The molecule has 0 saturated carbocycles. The minimum Gasteiger partial charge on any atom is -0.263 e. The van der Waals surface area contributed by atoms with Gasteiger partial charge in [-0.25, -0.2) is 0 Å². The summed E-state index contributed by atoms with van der Waals surface area (Å²) in [4.78, 5) is 12.0. The minimum absolute atomic E-state index is 0.228. The zero-order chi connectivity index (χ0) is 13.1. The standard InChI is InChI=1S/C14H13ClN2O/c1-10-5-7-17(8-6-10)16-14(18)12-4-3-11(2)9-13(12)15/h3-9H,1-2H3/p+1. The fourth-order valence-electron chi connectivity index (χ4n) is 1.56. The van der Waals surface area contributed by atoms with Crippen LogP contribution in [0.4, 0.5) is 0 Å². The molecule has 0 aliphatic carbocycles. The molecule has 4 heteroatoms. The number of carbonyl (C=O) groups is 1. The molecule has 2 aromatic rings. The molecule has 0 bridgehead atoms. The van der Waals surface area contributed by atoms with Crippen molar-refractivity contribution >= 4 is 17.5 Å². The fraction of sp³-hybridized carbons (Fsp3) is 0.143. The maximum atomic E-state index is 12.0. The third-order valence-corrected chi connectivity index (χ3v) is 2.91. The summed E-state index contributed by atoms with van der Waals surface area (Å²) in [6.07, 6.45) is 3.57. The van der Waals surface area contributed by atoms with Gasteiger partial charge >= 0.3 is 5.91 Å². The van der Waals surface area contributed by atoms with Crippen LogP contribution < -0.4 is 10.1 Å². The first-order chi connectivity index (χ1) is 8.56. The lowest BCUT2D eigenvalue weighted by molar-refractivity contribution is -0.641. The molecule has 18 heavy (non-hydrogen) atoms. The molecule has 1 aromatic heterocycles. The van der Waals surface area contributed by atoms with E-state index in [1.54, 1.807) is 29.2 Å². The number of carbonyl (C=O) groups excluding carboxylic acids is 1. The van der Waals surface area contributed by atoms with Crippen LogP contribution in [-0.4, -0.2) is 5.91 Å². The monoisotopic (exact) mass is 261 g/mol. The Balaban J connectivity index is 2.19. The second kappa shape index (κ2) is 5.19. The van der Waals surface area contributed by atoms with Crippen molar-refractivity contribution < 1.29 is 9.47 Å². The van der Waals surface area contributed by atoms with Gasteiger partial charge < -0.3 is 0 Å². The number of hydrogen-bond acceptors (Lipinski definition) is 1. The number of nitrogens with one attached hydrogen (secondary N) is 1. The molecule has 0 aliphatic heterocycles. The predicted octanol–water partition coefficient (Wildman–Crippen LogP) is 2.63. The van der Waals surface area contributed by atoms with Crippen molar-refractivity contribution in [3.05, 3.63) is 64.4 Å². The van der Waals surface area contributed by atoms with Crippen LogP contribution in [0.5, 0.6) is 0 Å². The highest BCUT2D eigenvalue weighted by Gasteiger charge is 2.13. The number of rotatable bonds is 2. The summed E-state index contributed by atoms with van der Waals surface area (Å²) in [7, 11) is 0. The van der Waals surface area contributed by atoms with Gasteiger partial charge in [0.05, 0.1) is 10.6 Å². The van der Waals surface area contributed by atoms with Gasteiger partial charge in [-0.1, -0.05) is 22.3 Å². The molecule has 0 spiro atoms. The van der Waals surface area contributed by atoms with E-state index in [9.17, 15) is 4.79 Å². The highest BCUT2D eigenvalue weighted by atomic mass is 35.5. The van der Waals surface area contributed by atoms with E-state index in [2.05, 4.69) is 5.43 Å². The Hall–Kier alpha value is -1.87. The van der Waals surface area contributed by atoms with Gasteiger partial charge in [-0.05, 0) is 37.1 Å². The maximum absolute atomic E-state index is 12.0. The maximum Gasteiger partial charge on any atom is 0.306 e. The summed E-state index contributed by atoms with van der Waals surface area (Å²) in [6.45, 7) is 3.92. The Bertz CT molecular complexity index is 579. The van der Waals surface area contributed by atoms with Gasteiger partial charge in [-0.3, -0.25) is 4.79 Å². The molecule has 0 radical (unpaired) electrons. The molecular formula is C14H14ClN2O+. The van der Waals surface area contributed by atoms with E-state index in [1.165, 1.54) is 0 Å². The first-order valence-electron chi connectivity index (χ1n) is 5.62. The summed E-state index contributed by atoms with van der Waals surface area (Å²) in [5, 5.41) is 0.459. The largest absolute Gasteiger partial charge is 0.306 e. The van der Waals surface area contributed by atoms with Crippen LogP contribution in [0.25, 0.3) is 0 Å². The van der Waals surface area contributed by atoms with E-state index in [1.807, 2.05) is 32.0 Å². The third kappa shape index (κ3) is 2.87. The van der Waals surface area contributed by atoms with Gasteiger partial charge in [0.15, 0.2) is 12.4 Å². The van der Waals surface area contributed by atoms with Crippen LogP contribution in [0.2, 0.25) is 5.02 Å². The van der Waals surface area contributed by atoms with Crippen molar-refractivity contribution in [2.75, 3.05) is 5.43 Å². The Morgan fingerprint density at radius 2 is 1.78 bits per heavy atom. The molecule has 92 valence electrons. The van der Waals surface area contributed by atoms with Gasteiger partial charge in [-0.15, -0.1) is 5.43 Å². The number of halogens is 1. The Morgan fingerprint density at radius 1 is 1.11 bits per heavy atom. The smallest absolute Gasteiger partial charge is 0.263 e. The molecule has 1 amide bonds. The Morgan fingerprint density at radius 3 is 2.39 bits per heavy atom. The van der Waals surface area contributed by atoms with Crippen LogP contribution in [0.3, 0.4) is 0 Å². The summed E-state index contributed by atoms with van der Waals surface area (Å²) >= 11 is 6.05. The SMILES string of the molecule is Cc1cc[n+](NC(=O)c2ccc(C)cc2Cl)cc1. The van der Waals surface area contributed by atoms with Gasteiger partial charge in [0.1, 0.15) is 0 Å². The lowest BCUT2D eigenvalue weighted by Crippen LogP contribution is -2.47. The minimum atomic E-state index is -0.228. The van der Waals surface area contributed by atoms with Crippen LogP contribution in [0, 0.1) is 13.8 Å². The zero-order valence-electron chi connectivity index (χ0n) is 10.3. The average Bonchev–Trinajstić information content (AvgIpc) is 2.32. The van der Waals surface area contributed by atoms with E-state index in [4.69, 9.17) is 11.6 Å². The first kappa shape index (κ1) is 12.6. The second-order valence-corrected chi connectivity index (χ2v) is 4.61.